The number of hydrogen-bond donors (Lipinski definition) is 0. The van der Waals surface area contributed by atoms with Gasteiger partial charge in [-0.15, -0.1) is 0 Å². The van der Waals surface area contributed by atoms with Crippen molar-refractivity contribution in [2.45, 2.75) is 44.8 Å². The van der Waals surface area contributed by atoms with Crippen molar-refractivity contribution >= 4 is 12.0 Å². The number of ether oxygens (including phenoxy) is 1. The number of piperidine rings is 1. The summed E-state index contributed by atoms with van der Waals surface area (Å²) in [5.74, 6) is 0.0695. The average molecular weight is 377 g/mol. The Kier molecular flexibility index (Phi) is 5.74. The van der Waals surface area contributed by atoms with E-state index in [4.69, 9.17) is 4.74 Å². The summed E-state index contributed by atoms with van der Waals surface area (Å²) < 4.78 is 7.47. The Morgan fingerprint density at radius 3 is 2.67 bits per heavy atom. The number of carbonyl (C=O) groups is 2. The van der Waals surface area contributed by atoms with Gasteiger partial charge in [0.05, 0.1) is 12.7 Å². The largest absolute Gasteiger partial charge is 0.441 e. The van der Waals surface area contributed by atoms with Gasteiger partial charge in [-0.2, -0.15) is 5.10 Å². The summed E-state index contributed by atoms with van der Waals surface area (Å²) in [7, 11) is 4.06. The molecule has 0 N–H and O–H groups in total. The molecule has 3 rings (SSSR count). The molecule has 0 unspecified atom stereocenters. The first-order chi connectivity index (χ1) is 12.8. The van der Waals surface area contributed by atoms with Gasteiger partial charge >= 0.3 is 6.09 Å². The Balaban J connectivity index is 1.52. The molecule has 0 aliphatic carbocycles. The lowest BCUT2D eigenvalue weighted by Gasteiger charge is -2.38. The van der Waals surface area contributed by atoms with Crippen molar-refractivity contribution in [1.82, 2.24) is 24.5 Å². The Morgan fingerprint density at radius 1 is 1.37 bits per heavy atom. The van der Waals surface area contributed by atoms with Crippen LogP contribution < -0.4 is 0 Å². The number of nitrogens with zero attached hydrogens (tertiary/aromatic N) is 5. The maximum Gasteiger partial charge on any atom is 0.410 e. The maximum atomic E-state index is 12.8. The van der Waals surface area contributed by atoms with Crippen LogP contribution in [0, 0.1) is 6.92 Å². The van der Waals surface area contributed by atoms with E-state index in [0.717, 1.165) is 25.1 Å². The summed E-state index contributed by atoms with van der Waals surface area (Å²) in [5, 5.41) is 4.25. The highest BCUT2D eigenvalue weighted by Crippen LogP contribution is 2.33. The molecule has 3 heterocycles. The van der Waals surface area contributed by atoms with Crippen molar-refractivity contribution < 1.29 is 14.3 Å². The second kappa shape index (κ2) is 7.88. The second-order valence-electron chi connectivity index (χ2n) is 8.13. The first kappa shape index (κ1) is 19.7. The van der Waals surface area contributed by atoms with Crippen molar-refractivity contribution in [3.63, 3.8) is 0 Å². The molecule has 0 bridgehead atoms. The fourth-order valence-corrected chi connectivity index (χ4v) is 3.86. The Labute approximate surface area is 161 Å². The summed E-state index contributed by atoms with van der Waals surface area (Å²) in [5.41, 5.74) is 0.608. The van der Waals surface area contributed by atoms with Crippen LogP contribution in [0.5, 0.6) is 0 Å². The lowest BCUT2D eigenvalue weighted by Crippen LogP contribution is -2.50. The Bertz CT molecular complexity index is 679. The smallest absolute Gasteiger partial charge is 0.410 e. The predicted molar refractivity (Wildman–Crippen MR) is 101 cm³/mol. The second-order valence-corrected chi connectivity index (χ2v) is 8.13. The van der Waals surface area contributed by atoms with Crippen LogP contribution in [0.15, 0.2) is 12.4 Å². The molecule has 1 aromatic rings. The minimum atomic E-state index is -0.433. The average Bonchev–Trinajstić information content (AvgIpc) is 3.18. The molecule has 2 saturated heterocycles. The van der Waals surface area contributed by atoms with Crippen LogP contribution in [0.1, 0.15) is 37.8 Å². The highest BCUT2D eigenvalue weighted by Gasteiger charge is 2.47. The quantitative estimate of drug-likeness (QED) is 0.752. The fourth-order valence-electron chi connectivity index (χ4n) is 3.86. The summed E-state index contributed by atoms with van der Waals surface area (Å²) in [4.78, 5) is 30.8. The van der Waals surface area contributed by atoms with Crippen molar-refractivity contribution in [1.29, 1.82) is 0 Å². The van der Waals surface area contributed by atoms with Crippen molar-refractivity contribution in [2.24, 2.45) is 0 Å². The number of rotatable bonds is 6. The van der Waals surface area contributed by atoms with E-state index in [0.29, 0.717) is 32.5 Å². The molecule has 1 aromatic heterocycles. The zero-order chi connectivity index (χ0) is 19.6. The molecule has 0 radical (unpaired) electrons. The molecular formula is C19H31N5O3. The minimum Gasteiger partial charge on any atom is -0.441 e. The summed E-state index contributed by atoms with van der Waals surface area (Å²) in [6.45, 7) is 7.37. The van der Waals surface area contributed by atoms with Gasteiger partial charge in [-0.25, -0.2) is 4.79 Å². The van der Waals surface area contributed by atoms with Crippen molar-refractivity contribution in [3.05, 3.63) is 18.0 Å². The number of aryl methyl sites for hydroxylation is 1. The molecule has 150 valence electrons. The predicted octanol–water partition coefficient (Wildman–Crippen LogP) is 1.52. The number of carbonyl (C=O) groups excluding carboxylic acids is 2. The highest BCUT2D eigenvalue weighted by molar-refractivity contribution is 5.80. The maximum absolute atomic E-state index is 12.8. The number of aromatic nitrogens is 2. The molecule has 0 aromatic carbocycles. The van der Waals surface area contributed by atoms with Crippen LogP contribution in [0.3, 0.4) is 0 Å². The van der Waals surface area contributed by atoms with Gasteiger partial charge in [-0.05, 0) is 46.5 Å². The van der Waals surface area contributed by atoms with Crippen LogP contribution in [0.2, 0.25) is 0 Å². The summed E-state index contributed by atoms with van der Waals surface area (Å²) >= 11 is 0. The van der Waals surface area contributed by atoms with Crippen LogP contribution in [0.4, 0.5) is 4.79 Å². The fraction of sp³-hybridized carbons (Fsp3) is 0.737. The molecule has 1 spiro atoms. The SMILES string of the molecule is Cc1cnn([C@H](C)C(=O)N2CCC3(CC2)CN(CCCN(C)C)C(=O)O3)c1. The van der Waals surface area contributed by atoms with E-state index < -0.39 is 5.60 Å². The Morgan fingerprint density at radius 2 is 2.07 bits per heavy atom. The van der Waals surface area contributed by atoms with Crippen molar-refractivity contribution in [2.75, 3.05) is 46.8 Å². The molecule has 1 atom stereocenters. The third kappa shape index (κ3) is 4.43. The number of hydrogen-bond acceptors (Lipinski definition) is 5. The molecule has 2 amide bonds. The molecular weight excluding hydrogens is 346 g/mol. The highest BCUT2D eigenvalue weighted by atomic mass is 16.6. The third-order valence-corrected chi connectivity index (χ3v) is 5.55. The van der Waals surface area contributed by atoms with Gasteiger partial charge in [0, 0.05) is 38.7 Å². The number of amides is 2. The molecule has 2 fully saturated rings. The van der Waals surface area contributed by atoms with Gasteiger partial charge in [-0.3, -0.25) is 9.48 Å². The van der Waals surface area contributed by atoms with Gasteiger partial charge in [-0.1, -0.05) is 0 Å². The zero-order valence-electron chi connectivity index (χ0n) is 16.8. The van der Waals surface area contributed by atoms with E-state index in [9.17, 15) is 9.59 Å². The standard InChI is InChI=1S/C19H31N5O3/c1-15-12-20-24(13-15)16(2)17(25)22-10-6-19(7-11-22)14-23(18(26)27-19)9-5-8-21(3)4/h12-13,16H,5-11,14H2,1-4H3/t16-/m1/s1. The lowest BCUT2D eigenvalue weighted by molar-refractivity contribution is -0.138. The monoisotopic (exact) mass is 377 g/mol. The van der Waals surface area contributed by atoms with Gasteiger partial charge in [0.2, 0.25) is 5.91 Å². The molecule has 8 heteroatoms. The lowest BCUT2D eigenvalue weighted by atomic mass is 9.91. The first-order valence-corrected chi connectivity index (χ1v) is 9.72. The van der Waals surface area contributed by atoms with Gasteiger partial charge in [0.15, 0.2) is 0 Å². The van der Waals surface area contributed by atoms with E-state index in [-0.39, 0.29) is 18.0 Å². The normalized spacial score (nSPS) is 20.4. The van der Waals surface area contributed by atoms with Gasteiger partial charge < -0.3 is 19.4 Å². The van der Waals surface area contributed by atoms with E-state index in [1.165, 1.54) is 0 Å². The van der Waals surface area contributed by atoms with Gasteiger partial charge in [0.1, 0.15) is 11.6 Å². The van der Waals surface area contributed by atoms with Crippen LogP contribution in [-0.4, -0.2) is 88.9 Å². The number of likely N-dealkylation sites (tertiary alicyclic amines) is 1. The summed E-state index contributed by atoms with van der Waals surface area (Å²) in [6, 6.07) is -0.318. The first-order valence-electron chi connectivity index (χ1n) is 9.72. The molecule has 0 saturated carbocycles. The van der Waals surface area contributed by atoms with Crippen LogP contribution in [-0.2, 0) is 9.53 Å². The molecule has 8 nitrogen and oxygen atoms in total. The minimum absolute atomic E-state index is 0.0695. The zero-order valence-corrected chi connectivity index (χ0v) is 16.8. The molecule has 2 aliphatic rings. The molecule has 2 aliphatic heterocycles. The van der Waals surface area contributed by atoms with E-state index in [1.54, 1.807) is 10.9 Å². The van der Waals surface area contributed by atoms with Crippen LogP contribution >= 0.6 is 0 Å². The van der Waals surface area contributed by atoms with E-state index in [1.807, 2.05) is 43.9 Å². The van der Waals surface area contributed by atoms with Gasteiger partial charge in [0.25, 0.3) is 0 Å². The van der Waals surface area contributed by atoms with Crippen molar-refractivity contribution in [3.8, 4) is 0 Å². The topological polar surface area (TPSA) is 70.9 Å². The van der Waals surface area contributed by atoms with E-state index >= 15 is 0 Å². The Hall–Kier alpha value is -2.09. The molecule has 27 heavy (non-hydrogen) atoms. The summed E-state index contributed by atoms with van der Waals surface area (Å²) in [6.07, 6.45) is 5.76. The van der Waals surface area contributed by atoms with Crippen LogP contribution in [0.25, 0.3) is 0 Å². The third-order valence-electron chi connectivity index (χ3n) is 5.55. The van der Waals surface area contributed by atoms with E-state index in [2.05, 4.69) is 10.00 Å².